The van der Waals surface area contributed by atoms with E-state index in [0.29, 0.717) is 21.7 Å². The van der Waals surface area contributed by atoms with Crippen LogP contribution in [0.25, 0.3) is 34.9 Å². The average Bonchev–Trinajstić information content (AvgIpc) is 3.13. The number of hydrogen-bond acceptors (Lipinski definition) is 2. The molecule has 2 nitrogen and oxygen atoms in total. The van der Waals surface area contributed by atoms with Gasteiger partial charge in [-0.05, 0) is 55.0 Å². The zero-order chi connectivity index (χ0) is 19.5. The molecule has 0 aliphatic carbocycles. The van der Waals surface area contributed by atoms with Crippen LogP contribution in [0.15, 0.2) is 77.2 Å². The van der Waals surface area contributed by atoms with Crippen LogP contribution in [0.5, 0.6) is 0 Å². The Morgan fingerprint density at radius 1 is 0.714 bits per heavy atom. The molecule has 1 heterocycles. The first kappa shape index (κ1) is 18.5. The summed E-state index contributed by atoms with van der Waals surface area (Å²) in [6.45, 7) is 2.05. The Bertz CT molecular complexity index is 1110. The lowest BCUT2D eigenvalue weighted by Gasteiger charge is -1.98. The van der Waals surface area contributed by atoms with Crippen molar-refractivity contribution in [3.8, 4) is 22.7 Å². The van der Waals surface area contributed by atoms with Gasteiger partial charge in [0.05, 0.1) is 0 Å². The molecule has 0 saturated carbocycles. The highest BCUT2D eigenvalue weighted by Gasteiger charge is 2.14. The van der Waals surface area contributed by atoms with Gasteiger partial charge in [0, 0.05) is 21.2 Å². The number of halogens is 2. The van der Waals surface area contributed by atoms with E-state index >= 15 is 0 Å². The summed E-state index contributed by atoms with van der Waals surface area (Å²) in [7, 11) is 0. The van der Waals surface area contributed by atoms with Crippen molar-refractivity contribution >= 4 is 35.4 Å². The highest BCUT2D eigenvalue weighted by atomic mass is 35.5. The Hall–Kier alpha value is -2.81. The Morgan fingerprint density at radius 2 is 1.29 bits per heavy atom. The molecule has 4 rings (SSSR count). The van der Waals surface area contributed by atoms with Crippen molar-refractivity contribution in [2.24, 2.45) is 0 Å². The van der Waals surface area contributed by atoms with Crippen LogP contribution in [-0.2, 0) is 0 Å². The van der Waals surface area contributed by atoms with Gasteiger partial charge in [-0.2, -0.15) is 0 Å². The van der Waals surface area contributed by atoms with Crippen LogP contribution in [0.2, 0.25) is 10.0 Å². The minimum Gasteiger partial charge on any atom is -0.436 e. The number of oxazole rings is 1. The smallest absolute Gasteiger partial charge is 0.227 e. The second-order valence-corrected chi connectivity index (χ2v) is 7.36. The summed E-state index contributed by atoms with van der Waals surface area (Å²) in [5.41, 5.74) is 4.88. The molecule has 0 unspecified atom stereocenters. The van der Waals surface area contributed by atoms with E-state index in [1.165, 1.54) is 5.56 Å². The van der Waals surface area contributed by atoms with Crippen molar-refractivity contribution in [3.63, 3.8) is 0 Å². The van der Waals surface area contributed by atoms with Crippen LogP contribution >= 0.6 is 23.2 Å². The Balaban J connectivity index is 1.77. The summed E-state index contributed by atoms with van der Waals surface area (Å²) in [6, 6.07) is 23.3. The van der Waals surface area contributed by atoms with Gasteiger partial charge in [-0.15, -0.1) is 0 Å². The fraction of sp³-hybridized carbons (Fsp3) is 0.0417. The van der Waals surface area contributed by atoms with Gasteiger partial charge in [0.25, 0.3) is 0 Å². The summed E-state index contributed by atoms with van der Waals surface area (Å²) in [6.07, 6.45) is 3.91. The van der Waals surface area contributed by atoms with Crippen molar-refractivity contribution in [3.05, 3.63) is 99.7 Å². The predicted molar refractivity (Wildman–Crippen MR) is 118 cm³/mol. The molecular weight excluding hydrogens is 389 g/mol. The van der Waals surface area contributed by atoms with Crippen LogP contribution in [0.4, 0.5) is 0 Å². The molecule has 0 spiro atoms. The number of nitrogens with zero attached hydrogens (tertiary/aromatic N) is 1. The molecule has 0 aliphatic heterocycles. The SMILES string of the molecule is Cc1ccc(-c2nc(-c3ccc(Cl)cc3)c(/C=C/c3ccc(Cl)cc3)o2)cc1. The van der Waals surface area contributed by atoms with Gasteiger partial charge in [-0.1, -0.05) is 71.2 Å². The third-order valence-electron chi connectivity index (χ3n) is 4.37. The fourth-order valence-electron chi connectivity index (χ4n) is 2.82. The summed E-state index contributed by atoms with van der Waals surface area (Å²) in [5.74, 6) is 1.27. The van der Waals surface area contributed by atoms with Gasteiger partial charge in [-0.25, -0.2) is 4.98 Å². The van der Waals surface area contributed by atoms with E-state index in [-0.39, 0.29) is 0 Å². The summed E-state index contributed by atoms with van der Waals surface area (Å²) in [4.78, 5) is 4.75. The normalized spacial score (nSPS) is 11.2. The molecule has 0 aliphatic rings. The summed E-state index contributed by atoms with van der Waals surface area (Å²) < 4.78 is 6.11. The molecule has 3 aromatic carbocycles. The first-order chi connectivity index (χ1) is 13.6. The van der Waals surface area contributed by atoms with Gasteiger partial charge in [0.15, 0.2) is 5.76 Å². The van der Waals surface area contributed by atoms with Crippen LogP contribution in [0.3, 0.4) is 0 Å². The van der Waals surface area contributed by atoms with E-state index in [4.69, 9.17) is 32.6 Å². The zero-order valence-electron chi connectivity index (χ0n) is 15.2. The van der Waals surface area contributed by atoms with E-state index < -0.39 is 0 Å². The minimum atomic E-state index is 0.584. The third-order valence-corrected chi connectivity index (χ3v) is 4.87. The quantitative estimate of drug-likeness (QED) is 0.346. The van der Waals surface area contributed by atoms with Gasteiger partial charge >= 0.3 is 0 Å². The topological polar surface area (TPSA) is 26.0 Å². The molecule has 0 fully saturated rings. The molecule has 28 heavy (non-hydrogen) atoms. The van der Waals surface area contributed by atoms with Gasteiger partial charge < -0.3 is 4.42 Å². The molecule has 4 aromatic rings. The van der Waals surface area contributed by atoms with E-state index in [1.807, 2.05) is 84.9 Å². The van der Waals surface area contributed by atoms with Crippen LogP contribution in [-0.4, -0.2) is 4.98 Å². The van der Waals surface area contributed by atoms with Crippen LogP contribution < -0.4 is 0 Å². The van der Waals surface area contributed by atoms with Crippen molar-refractivity contribution < 1.29 is 4.42 Å². The molecular formula is C24H17Cl2NO. The molecule has 1 aromatic heterocycles. The van der Waals surface area contributed by atoms with Crippen molar-refractivity contribution in [1.82, 2.24) is 4.98 Å². The number of aromatic nitrogens is 1. The molecule has 138 valence electrons. The van der Waals surface area contributed by atoms with Gasteiger partial charge in [0.1, 0.15) is 5.69 Å². The van der Waals surface area contributed by atoms with Crippen LogP contribution in [0.1, 0.15) is 16.9 Å². The largest absolute Gasteiger partial charge is 0.436 e. The fourth-order valence-corrected chi connectivity index (χ4v) is 3.08. The first-order valence-corrected chi connectivity index (χ1v) is 9.61. The van der Waals surface area contributed by atoms with E-state index in [0.717, 1.165) is 22.4 Å². The Morgan fingerprint density at radius 3 is 1.93 bits per heavy atom. The number of aryl methyl sites for hydroxylation is 1. The lowest BCUT2D eigenvalue weighted by Crippen LogP contribution is -1.82. The lowest BCUT2D eigenvalue weighted by molar-refractivity contribution is 0.565. The van der Waals surface area contributed by atoms with Gasteiger partial charge in [0.2, 0.25) is 5.89 Å². The maximum absolute atomic E-state index is 6.11. The zero-order valence-corrected chi connectivity index (χ0v) is 16.7. The third kappa shape index (κ3) is 4.19. The molecule has 0 N–H and O–H groups in total. The number of rotatable bonds is 4. The molecule has 0 amide bonds. The maximum Gasteiger partial charge on any atom is 0.227 e. The molecule has 4 heteroatoms. The van der Waals surface area contributed by atoms with E-state index in [1.54, 1.807) is 0 Å². The number of hydrogen-bond donors (Lipinski definition) is 0. The Kier molecular flexibility index (Phi) is 5.34. The standard InChI is InChI=1S/C24H17Cl2NO/c1-16-2-7-19(8-3-16)24-27-23(18-9-13-21(26)14-10-18)22(28-24)15-6-17-4-11-20(25)12-5-17/h2-15H,1H3/b15-6+. The highest BCUT2D eigenvalue weighted by molar-refractivity contribution is 6.30. The predicted octanol–water partition coefficient (Wildman–Crippen LogP) is 7.79. The average molecular weight is 406 g/mol. The monoisotopic (exact) mass is 405 g/mol. The van der Waals surface area contributed by atoms with Crippen LogP contribution in [0, 0.1) is 6.92 Å². The van der Waals surface area contributed by atoms with Crippen molar-refractivity contribution in [2.75, 3.05) is 0 Å². The van der Waals surface area contributed by atoms with E-state index in [9.17, 15) is 0 Å². The molecule has 0 bridgehead atoms. The molecule has 0 atom stereocenters. The molecule has 0 radical (unpaired) electrons. The summed E-state index contributed by atoms with van der Waals surface area (Å²) in [5, 5.41) is 1.39. The van der Waals surface area contributed by atoms with E-state index in [2.05, 4.69) is 6.92 Å². The van der Waals surface area contributed by atoms with Crippen molar-refractivity contribution in [2.45, 2.75) is 6.92 Å². The second kappa shape index (κ2) is 8.05. The maximum atomic E-state index is 6.11. The van der Waals surface area contributed by atoms with Crippen molar-refractivity contribution in [1.29, 1.82) is 0 Å². The minimum absolute atomic E-state index is 0.584. The second-order valence-electron chi connectivity index (χ2n) is 6.49. The number of benzene rings is 3. The Labute approximate surface area is 174 Å². The first-order valence-electron chi connectivity index (χ1n) is 8.86. The lowest BCUT2D eigenvalue weighted by atomic mass is 10.1. The molecule has 0 saturated heterocycles. The van der Waals surface area contributed by atoms with Gasteiger partial charge in [-0.3, -0.25) is 0 Å². The summed E-state index contributed by atoms with van der Waals surface area (Å²) >= 11 is 12.0. The highest BCUT2D eigenvalue weighted by Crippen LogP contribution is 2.31.